The average Bonchev–Trinajstić information content (AvgIpc) is 2.24. The second-order valence-electron chi connectivity index (χ2n) is 4.00. The van der Waals surface area contributed by atoms with Gasteiger partial charge in [-0.15, -0.1) is 0 Å². The topological polar surface area (TPSA) is 87.7 Å². The van der Waals surface area contributed by atoms with Gasteiger partial charge in [-0.1, -0.05) is 6.92 Å². The lowest BCUT2D eigenvalue weighted by molar-refractivity contribution is -0.137. The molecule has 0 aromatic heterocycles. The van der Waals surface area contributed by atoms with Crippen molar-refractivity contribution in [2.75, 3.05) is 13.7 Å². The van der Waals surface area contributed by atoms with E-state index in [-0.39, 0.29) is 24.5 Å². The minimum atomic E-state index is -0.912. The summed E-state index contributed by atoms with van der Waals surface area (Å²) < 4.78 is 4.90. The van der Waals surface area contributed by atoms with Gasteiger partial charge < -0.3 is 20.5 Å². The molecular weight excluding hydrogens is 224 g/mol. The molecule has 0 saturated heterocycles. The molecule has 0 bridgehead atoms. The van der Waals surface area contributed by atoms with Gasteiger partial charge in [0.1, 0.15) is 0 Å². The Morgan fingerprint density at radius 3 is 2.47 bits per heavy atom. The SMILES string of the molecule is CCC(CC(=O)O)NC(=O)NC(C)CCOC. The first-order valence-corrected chi connectivity index (χ1v) is 5.77. The number of aliphatic carboxylic acids is 1. The van der Waals surface area contributed by atoms with Crippen molar-refractivity contribution in [1.29, 1.82) is 0 Å². The summed E-state index contributed by atoms with van der Waals surface area (Å²) in [6, 6.07) is -0.666. The molecule has 0 aromatic carbocycles. The van der Waals surface area contributed by atoms with Crippen molar-refractivity contribution in [3.05, 3.63) is 0 Å². The quantitative estimate of drug-likeness (QED) is 0.595. The Labute approximate surface area is 102 Å². The van der Waals surface area contributed by atoms with E-state index >= 15 is 0 Å². The number of nitrogens with one attached hydrogen (secondary N) is 2. The Hall–Kier alpha value is -1.30. The molecule has 0 aromatic rings. The molecule has 0 radical (unpaired) electrons. The van der Waals surface area contributed by atoms with E-state index in [1.807, 2.05) is 13.8 Å². The summed E-state index contributed by atoms with van der Waals surface area (Å²) in [7, 11) is 1.60. The lowest BCUT2D eigenvalue weighted by atomic mass is 10.1. The van der Waals surface area contributed by atoms with Crippen molar-refractivity contribution in [3.8, 4) is 0 Å². The molecule has 0 aliphatic carbocycles. The van der Waals surface area contributed by atoms with Crippen molar-refractivity contribution in [2.24, 2.45) is 0 Å². The van der Waals surface area contributed by atoms with Crippen LogP contribution in [0.15, 0.2) is 0 Å². The normalized spacial score (nSPS) is 13.8. The Kier molecular flexibility index (Phi) is 8.13. The highest BCUT2D eigenvalue weighted by atomic mass is 16.5. The van der Waals surface area contributed by atoms with E-state index in [0.717, 1.165) is 6.42 Å². The number of ether oxygens (including phenoxy) is 1. The summed E-state index contributed by atoms with van der Waals surface area (Å²) in [6.45, 7) is 4.28. The van der Waals surface area contributed by atoms with E-state index in [1.54, 1.807) is 7.11 Å². The predicted molar refractivity (Wildman–Crippen MR) is 64.0 cm³/mol. The third kappa shape index (κ3) is 8.50. The van der Waals surface area contributed by atoms with Crippen LogP contribution >= 0.6 is 0 Å². The molecule has 0 saturated carbocycles. The van der Waals surface area contributed by atoms with Crippen LogP contribution in [-0.4, -0.2) is 42.9 Å². The molecule has 0 heterocycles. The van der Waals surface area contributed by atoms with Gasteiger partial charge in [0.25, 0.3) is 0 Å². The fourth-order valence-electron chi connectivity index (χ4n) is 1.33. The van der Waals surface area contributed by atoms with E-state index < -0.39 is 5.97 Å². The molecule has 6 nitrogen and oxygen atoms in total. The molecule has 0 spiro atoms. The first-order chi connectivity index (χ1) is 7.99. The minimum absolute atomic E-state index is 0.00251. The standard InChI is InChI=1S/C11H22N2O4/c1-4-9(7-10(14)15)13-11(16)12-8(2)5-6-17-3/h8-9H,4-7H2,1-3H3,(H,14,15)(H2,12,13,16). The van der Waals surface area contributed by atoms with Gasteiger partial charge in [-0.2, -0.15) is 0 Å². The van der Waals surface area contributed by atoms with Crippen LogP contribution in [0.25, 0.3) is 0 Å². The number of hydrogen-bond acceptors (Lipinski definition) is 3. The summed E-state index contributed by atoms with van der Waals surface area (Å²) >= 11 is 0. The summed E-state index contributed by atoms with van der Waals surface area (Å²) in [5.41, 5.74) is 0. The number of carbonyl (C=O) groups excluding carboxylic acids is 1. The van der Waals surface area contributed by atoms with Crippen LogP contribution in [0.1, 0.15) is 33.1 Å². The maximum Gasteiger partial charge on any atom is 0.315 e. The van der Waals surface area contributed by atoms with Crippen LogP contribution in [0.3, 0.4) is 0 Å². The van der Waals surface area contributed by atoms with Crippen LogP contribution in [0.5, 0.6) is 0 Å². The molecule has 0 aliphatic rings. The molecule has 2 unspecified atom stereocenters. The van der Waals surface area contributed by atoms with E-state index in [0.29, 0.717) is 13.0 Å². The lowest BCUT2D eigenvalue weighted by Crippen LogP contribution is -2.46. The van der Waals surface area contributed by atoms with Crippen molar-refractivity contribution >= 4 is 12.0 Å². The minimum Gasteiger partial charge on any atom is -0.481 e. The Morgan fingerprint density at radius 1 is 1.35 bits per heavy atom. The largest absolute Gasteiger partial charge is 0.481 e. The maximum absolute atomic E-state index is 11.5. The first-order valence-electron chi connectivity index (χ1n) is 5.77. The van der Waals surface area contributed by atoms with Crippen LogP contribution in [0.2, 0.25) is 0 Å². The number of rotatable bonds is 8. The van der Waals surface area contributed by atoms with Crippen LogP contribution in [0, 0.1) is 0 Å². The van der Waals surface area contributed by atoms with E-state index in [1.165, 1.54) is 0 Å². The monoisotopic (exact) mass is 246 g/mol. The second kappa shape index (κ2) is 8.81. The lowest BCUT2D eigenvalue weighted by Gasteiger charge is -2.18. The van der Waals surface area contributed by atoms with Gasteiger partial charge in [0.15, 0.2) is 0 Å². The maximum atomic E-state index is 11.5. The number of amides is 2. The summed E-state index contributed by atoms with van der Waals surface area (Å²) in [5.74, 6) is -0.912. The third-order valence-electron chi connectivity index (χ3n) is 2.38. The predicted octanol–water partition coefficient (Wildman–Crippen LogP) is 0.964. The molecule has 3 N–H and O–H groups in total. The summed E-state index contributed by atoms with van der Waals surface area (Å²) in [4.78, 5) is 22.0. The fourth-order valence-corrected chi connectivity index (χ4v) is 1.33. The fraction of sp³-hybridized carbons (Fsp3) is 0.818. The van der Waals surface area contributed by atoms with Gasteiger partial charge in [-0.05, 0) is 19.8 Å². The smallest absolute Gasteiger partial charge is 0.315 e. The highest BCUT2D eigenvalue weighted by Gasteiger charge is 2.14. The zero-order chi connectivity index (χ0) is 13.3. The number of urea groups is 1. The number of carboxylic acid groups (broad SMARTS) is 1. The van der Waals surface area contributed by atoms with Gasteiger partial charge in [-0.25, -0.2) is 4.79 Å². The third-order valence-corrected chi connectivity index (χ3v) is 2.38. The van der Waals surface area contributed by atoms with Gasteiger partial charge in [0, 0.05) is 25.8 Å². The van der Waals surface area contributed by atoms with Gasteiger partial charge >= 0.3 is 12.0 Å². The first kappa shape index (κ1) is 15.7. The molecule has 0 aliphatic heterocycles. The zero-order valence-electron chi connectivity index (χ0n) is 10.7. The average molecular weight is 246 g/mol. The summed E-state index contributed by atoms with van der Waals surface area (Å²) in [5, 5.41) is 14.0. The van der Waals surface area contributed by atoms with Crippen molar-refractivity contribution in [1.82, 2.24) is 10.6 Å². The van der Waals surface area contributed by atoms with E-state index in [9.17, 15) is 9.59 Å². The van der Waals surface area contributed by atoms with Crippen molar-refractivity contribution in [3.63, 3.8) is 0 Å². The zero-order valence-corrected chi connectivity index (χ0v) is 10.7. The Balaban J connectivity index is 3.93. The number of carbonyl (C=O) groups is 2. The molecule has 100 valence electrons. The molecule has 6 heteroatoms. The van der Waals surface area contributed by atoms with Crippen LogP contribution in [-0.2, 0) is 9.53 Å². The second-order valence-corrected chi connectivity index (χ2v) is 4.00. The number of carboxylic acids is 1. The molecule has 0 rings (SSSR count). The van der Waals surface area contributed by atoms with E-state index in [2.05, 4.69) is 10.6 Å². The highest BCUT2D eigenvalue weighted by molar-refractivity contribution is 5.75. The van der Waals surface area contributed by atoms with E-state index in [4.69, 9.17) is 9.84 Å². The summed E-state index contributed by atoms with van der Waals surface area (Å²) in [6.07, 6.45) is 1.25. The van der Waals surface area contributed by atoms with Gasteiger partial charge in [0.2, 0.25) is 0 Å². The van der Waals surface area contributed by atoms with Crippen molar-refractivity contribution < 1.29 is 19.4 Å². The highest BCUT2D eigenvalue weighted by Crippen LogP contribution is 1.98. The Morgan fingerprint density at radius 2 is 2.00 bits per heavy atom. The molecule has 17 heavy (non-hydrogen) atoms. The van der Waals surface area contributed by atoms with Crippen molar-refractivity contribution in [2.45, 2.75) is 45.2 Å². The number of methoxy groups -OCH3 is 1. The molecule has 0 fully saturated rings. The van der Waals surface area contributed by atoms with Crippen LogP contribution < -0.4 is 10.6 Å². The molecular formula is C11H22N2O4. The Bertz CT molecular complexity index is 246. The van der Waals surface area contributed by atoms with Crippen LogP contribution in [0.4, 0.5) is 4.79 Å². The molecule has 2 amide bonds. The van der Waals surface area contributed by atoms with Gasteiger partial charge in [0.05, 0.1) is 6.42 Å². The molecule has 2 atom stereocenters. The number of hydrogen-bond donors (Lipinski definition) is 3. The van der Waals surface area contributed by atoms with Gasteiger partial charge in [-0.3, -0.25) is 4.79 Å².